The molecule has 1 unspecified atom stereocenters. The summed E-state index contributed by atoms with van der Waals surface area (Å²) in [5, 5.41) is 6.97. The van der Waals surface area contributed by atoms with Gasteiger partial charge >= 0.3 is 0 Å². The summed E-state index contributed by atoms with van der Waals surface area (Å²) in [5.74, 6) is 0. The van der Waals surface area contributed by atoms with Gasteiger partial charge < -0.3 is 15.4 Å². The van der Waals surface area contributed by atoms with Crippen molar-refractivity contribution in [3.8, 4) is 0 Å². The lowest BCUT2D eigenvalue weighted by molar-refractivity contribution is 0.202. The molecule has 88 valence electrons. The molecule has 1 atom stereocenters. The molecule has 1 aliphatic heterocycles. The molecule has 2 rings (SSSR count). The number of nitrogens with one attached hydrogen (secondary N) is 2. The molecule has 0 amide bonds. The Morgan fingerprint density at radius 3 is 3.06 bits per heavy atom. The molecule has 1 aromatic rings. The highest BCUT2D eigenvalue weighted by Gasteiger charge is 2.14. The van der Waals surface area contributed by atoms with Crippen molar-refractivity contribution in [3.63, 3.8) is 0 Å². The maximum absolute atomic E-state index is 5.13. The van der Waals surface area contributed by atoms with Crippen LogP contribution in [0.3, 0.4) is 0 Å². The Balaban J connectivity index is 2.00. The first-order chi connectivity index (χ1) is 7.90. The lowest BCUT2D eigenvalue weighted by atomic mass is 10.1. The Morgan fingerprint density at radius 1 is 1.44 bits per heavy atom. The predicted octanol–water partition coefficient (Wildman–Crippen LogP) is 1.65. The van der Waals surface area contributed by atoms with Crippen LogP contribution in [-0.2, 0) is 11.2 Å². The highest BCUT2D eigenvalue weighted by Crippen LogP contribution is 2.18. The van der Waals surface area contributed by atoms with E-state index in [1.165, 1.54) is 17.7 Å². The number of hydrogen-bond donors (Lipinski definition) is 2. The normalized spacial score (nSPS) is 19.9. The van der Waals surface area contributed by atoms with Crippen LogP contribution < -0.4 is 10.6 Å². The van der Waals surface area contributed by atoms with Crippen LogP contribution in [0, 0.1) is 0 Å². The van der Waals surface area contributed by atoms with Gasteiger partial charge in [0.25, 0.3) is 0 Å². The third-order valence-electron chi connectivity index (χ3n) is 3.01. The molecule has 3 nitrogen and oxygen atoms in total. The predicted molar refractivity (Wildman–Crippen MR) is 66.9 cm³/mol. The third kappa shape index (κ3) is 2.97. The van der Waals surface area contributed by atoms with Crippen LogP contribution in [0.5, 0.6) is 0 Å². The molecule has 0 spiro atoms. The van der Waals surface area contributed by atoms with E-state index in [9.17, 15) is 0 Å². The van der Waals surface area contributed by atoms with Gasteiger partial charge in [-0.15, -0.1) is 0 Å². The molecule has 3 heteroatoms. The van der Waals surface area contributed by atoms with Gasteiger partial charge in [-0.25, -0.2) is 0 Å². The molecule has 1 aromatic carbocycles. The topological polar surface area (TPSA) is 33.3 Å². The van der Waals surface area contributed by atoms with Crippen molar-refractivity contribution in [3.05, 3.63) is 29.8 Å². The van der Waals surface area contributed by atoms with Crippen LogP contribution in [0.2, 0.25) is 0 Å². The standard InChI is InChI=1S/C13H20N2O/c1-16-9-7-11-4-2-3-5-13(11)15-12-6-8-14-10-12/h2-5,12,14-15H,6-10H2,1H3. The van der Waals surface area contributed by atoms with Gasteiger partial charge in [0, 0.05) is 25.4 Å². The van der Waals surface area contributed by atoms with E-state index in [1.807, 2.05) is 0 Å². The largest absolute Gasteiger partial charge is 0.384 e. The molecule has 1 aliphatic rings. The Labute approximate surface area is 97.2 Å². The maximum atomic E-state index is 5.13. The zero-order valence-corrected chi connectivity index (χ0v) is 9.83. The van der Waals surface area contributed by atoms with Crippen LogP contribution in [0.4, 0.5) is 5.69 Å². The van der Waals surface area contributed by atoms with E-state index in [1.54, 1.807) is 7.11 Å². The first-order valence-electron chi connectivity index (χ1n) is 5.94. The first-order valence-corrected chi connectivity index (χ1v) is 5.94. The fourth-order valence-corrected chi connectivity index (χ4v) is 2.09. The molecule has 0 saturated carbocycles. The van der Waals surface area contributed by atoms with Gasteiger partial charge in [0.2, 0.25) is 0 Å². The summed E-state index contributed by atoms with van der Waals surface area (Å²) < 4.78 is 5.13. The summed E-state index contributed by atoms with van der Waals surface area (Å²) in [6.07, 6.45) is 2.18. The van der Waals surface area contributed by atoms with Crippen molar-refractivity contribution >= 4 is 5.69 Å². The minimum Gasteiger partial charge on any atom is -0.384 e. The minimum absolute atomic E-state index is 0.573. The summed E-state index contributed by atoms with van der Waals surface area (Å²) >= 11 is 0. The fraction of sp³-hybridized carbons (Fsp3) is 0.538. The smallest absolute Gasteiger partial charge is 0.0503 e. The average Bonchev–Trinajstić information content (AvgIpc) is 2.81. The van der Waals surface area contributed by atoms with Gasteiger partial charge in [-0.2, -0.15) is 0 Å². The lowest BCUT2D eigenvalue weighted by Crippen LogP contribution is -2.22. The summed E-state index contributed by atoms with van der Waals surface area (Å²) in [4.78, 5) is 0. The monoisotopic (exact) mass is 220 g/mol. The number of benzene rings is 1. The maximum Gasteiger partial charge on any atom is 0.0503 e. The van der Waals surface area contributed by atoms with E-state index < -0.39 is 0 Å². The number of rotatable bonds is 5. The van der Waals surface area contributed by atoms with Crippen molar-refractivity contribution in [2.75, 3.05) is 32.1 Å². The van der Waals surface area contributed by atoms with E-state index in [0.29, 0.717) is 6.04 Å². The van der Waals surface area contributed by atoms with Gasteiger partial charge in [0.1, 0.15) is 0 Å². The SMILES string of the molecule is COCCc1ccccc1NC1CCNC1. The Morgan fingerprint density at radius 2 is 2.31 bits per heavy atom. The van der Waals surface area contributed by atoms with Crippen LogP contribution in [0.25, 0.3) is 0 Å². The van der Waals surface area contributed by atoms with E-state index in [2.05, 4.69) is 34.9 Å². The minimum atomic E-state index is 0.573. The molecule has 0 radical (unpaired) electrons. The molecule has 0 aliphatic carbocycles. The molecular weight excluding hydrogens is 200 g/mol. The van der Waals surface area contributed by atoms with Crippen LogP contribution in [-0.4, -0.2) is 32.8 Å². The van der Waals surface area contributed by atoms with Crippen molar-refractivity contribution < 1.29 is 4.74 Å². The Kier molecular flexibility index (Phi) is 4.19. The first kappa shape index (κ1) is 11.4. The Hall–Kier alpha value is -1.06. The number of hydrogen-bond acceptors (Lipinski definition) is 3. The molecule has 2 N–H and O–H groups in total. The number of ether oxygens (including phenoxy) is 1. The van der Waals surface area contributed by atoms with Crippen molar-refractivity contribution in [1.82, 2.24) is 5.32 Å². The molecular formula is C13H20N2O. The van der Waals surface area contributed by atoms with Gasteiger partial charge in [-0.3, -0.25) is 0 Å². The zero-order valence-electron chi connectivity index (χ0n) is 9.83. The second-order valence-electron chi connectivity index (χ2n) is 4.23. The van der Waals surface area contributed by atoms with E-state index in [0.717, 1.165) is 26.1 Å². The van der Waals surface area contributed by atoms with Gasteiger partial charge in [-0.1, -0.05) is 18.2 Å². The quantitative estimate of drug-likeness (QED) is 0.791. The van der Waals surface area contributed by atoms with Crippen molar-refractivity contribution in [2.45, 2.75) is 18.9 Å². The van der Waals surface area contributed by atoms with Crippen LogP contribution in [0.15, 0.2) is 24.3 Å². The van der Waals surface area contributed by atoms with Gasteiger partial charge in [-0.05, 0) is 31.0 Å². The average molecular weight is 220 g/mol. The molecule has 0 aromatic heterocycles. The number of para-hydroxylation sites is 1. The summed E-state index contributed by atoms with van der Waals surface area (Å²) in [6, 6.07) is 9.07. The van der Waals surface area contributed by atoms with Gasteiger partial charge in [0.05, 0.1) is 6.61 Å². The van der Waals surface area contributed by atoms with Crippen molar-refractivity contribution in [1.29, 1.82) is 0 Å². The van der Waals surface area contributed by atoms with E-state index in [4.69, 9.17) is 4.74 Å². The Bertz CT molecular complexity index is 321. The molecule has 16 heavy (non-hydrogen) atoms. The molecule has 1 saturated heterocycles. The van der Waals surface area contributed by atoms with E-state index >= 15 is 0 Å². The fourth-order valence-electron chi connectivity index (χ4n) is 2.09. The van der Waals surface area contributed by atoms with Gasteiger partial charge in [0.15, 0.2) is 0 Å². The second kappa shape index (κ2) is 5.87. The zero-order chi connectivity index (χ0) is 11.2. The number of methoxy groups -OCH3 is 1. The summed E-state index contributed by atoms with van der Waals surface area (Å²) in [7, 11) is 1.75. The molecule has 1 fully saturated rings. The summed E-state index contributed by atoms with van der Waals surface area (Å²) in [6.45, 7) is 2.97. The highest BCUT2D eigenvalue weighted by molar-refractivity contribution is 5.52. The van der Waals surface area contributed by atoms with E-state index in [-0.39, 0.29) is 0 Å². The highest BCUT2D eigenvalue weighted by atomic mass is 16.5. The van der Waals surface area contributed by atoms with Crippen LogP contribution in [0.1, 0.15) is 12.0 Å². The molecule has 0 bridgehead atoms. The summed E-state index contributed by atoms with van der Waals surface area (Å²) in [5.41, 5.74) is 2.60. The lowest BCUT2D eigenvalue weighted by Gasteiger charge is -2.16. The molecule has 1 heterocycles. The third-order valence-corrected chi connectivity index (χ3v) is 3.01. The van der Waals surface area contributed by atoms with Crippen LogP contribution >= 0.6 is 0 Å². The van der Waals surface area contributed by atoms with Crippen molar-refractivity contribution in [2.24, 2.45) is 0 Å². The number of anilines is 1. The second-order valence-corrected chi connectivity index (χ2v) is 4.23.